The molecule has 6 nitrogen and oxygen atoms in total. The Hall–Kier alpha value is -2.78. The smallest absolute Gasteiger partial charge is 0.163 e. The van der Waals surface area contributed by atoms with E-state index >= 15 is 0 Å². The summed E-state index contributed by atoms with van der Waals surface area (Å²) in [6, 6.07) is 5.64. The molecular weight excluding hydrogens is 288 g/mol. The third-order valence-corrected chi connectivity index (χ3v) is 3.20. The molecule has 0 aromatic carbocycles. The molecular formula is C14H9ClN6. The van der Waals surface area contributed by atoms with Crippen molar-refractivity contribution in [3.05, 3.63) is 47.6 Å². The fourth-order valence-electron chi connectivity index (χ4n) is 1.91. The van der Waals surface area contributed by atoms with Crippen LogP contribution in [0, 0.1) is 11.3 Å². The number of hydrogen-bond donors (Lipinski definition) is 0. The standard InChI is InChI=1S/C14H9ClN6/c1-21-6-5-18-14(21)11-10(7-16)12(15)20-13(19-11)9-3-2-4-17-8-9/h2-6,8H,1H3. The molecule has 3 aromatic heterocycles. The Bertz CT molecular complexity index is 834. The molecule has 0 spiro atoms. The molecule has 0 unspecified atom stereocenters. The van der Waals surface area contributed by atoms with Gasteiger partial charge in [0, 0.05) is 37.4 Å². The summed E-state index contributed by atoms with van der Waals surface area (Å²) in [6.45, 7) is 0. The highest BCUT2D eigenvalue weighted by atomic mass is 35.5. The van der Waals surface area contributed by atoms with Crippen LogP contribution in [-0.4, -0.2) is 24.5 Å². The van der Waals surface area contributed by atoms with Gasteiger partial charge in [0.15, 0.2) is 16.8 Å². The van der Waals surface area contributed by atoms with Gasteiger partial charge < -0.3 is 4.57 Å². The second kappa shape index (κ2) is 5.31. The zero-order chi connectivity index (χ0) is 14.8. The highest BCUT2D eigenvalue weighted by Gasteiger charge is 2.18. The van der Waals surface area contributed by atoms with Gasteiger partial charge in [-0.25, -0.2) is 15.0 Å². The van der Waals surface area contributed by atoms with Crippen LogP contribution in [0.3, 0.4) is 0 Å². The number of halogens is 1. The highest BCUT2D eigenvalue weighted by molar-refractivity contribution is 6.31. The van der Waals surface area contributed by atoms with Crippen LogP contribution in [0.25, 0.3) is 22.9 Å². The molecule has 0 aliphatic rings. The van der Waals surface area contributed by atoms with Crippen LogP contribution in [0.1, 0.15) is 5.56 Å². The summed E-state index contributed by atoms with van der Waals surface area (Å²) in [4.78, 5) is 16.9. The summed E-state index contributed by atoms with van der Waals surface area (Å²) in [5, 5.41) is 9.39. The van der Waals surface area contributed by atoms with Gasteiger partial charge in [0.05, 0.1) is 0 Å². The molecule has 0 bridgehead atoms. The third kappa shape index (κ3) is 2.35. The Kier molecular flexibility index (Phi) is 3.34. The first-order valence-electron chi connectivity index (χ1n) is 6.06. The van der Waals surface area contributed by atoms with E-state index in [1.807, 2.05) is 19.2 Å². The number of aryl methyl sites for hydroxylation is 1. The van der Waals surface area contributed by atoms with E-state index in [1.54, 1.807) is 35.4 Å². The lowest BCUT2D eigenvalue weighted by molar-refractivity contribution is 0.914. The number of hydrogen-bond acceptors (Lipinski definition) is 5. The van der Waals surface area contributed by atoms with Gasteiger partial charge in [-0.15, -0.1) is 0 Å². The van der Waals surface area contributed by atoms with Crippen LogP contribution in [0.15, 0.2) is 36.9 Å². The fraction of sp³-hybridized carbons (Fsp3) is 0.0714. The molecule has 0 saturated carbocycles. The van der Waals surface area contributed by atoms with Crippen LogP contribution >= 0.6 is 11.6 Å². The maximum Gasteiger partial charge on any atom is 0.163 e. The summed E-state index contributed by atoms with van der Waals surface area (Å²) in [5.74, 6) is 0.964. The van der Waals surface area contributed by atoms with Gasteiger partial charge in [0.2, 0.25) is 0 Å². The molecule has 0 aliphatic heterocycles. The predicted octanol–water partition coefficient (Wildman–Crippen LogP) is 2.46. The van der Waals surface area contributed by atoms with E-state index in [4.69, 9.17) is 11.6 Å². The normalized spacial score (nSPS) is 10.3. The number of pyridine rings is 1. The topological polar surface area (TPSA) is 80.3 Å². The summed E-state index contributed by atoms with van der Waals surface area (Å²) >= 11 is 6.12. The quantitative estimate of drug-likeness (QED) is 0.679. The molecule has 0 saturated heterocycles. The molecule has 7 heteroatoms. The molecule has 0 radical (unpaired) electrons. The van der Waals surface area contributed by atoms with Crippen molar-refractivity contribution in [1.82, 2.24) is 24.5 Å². The minimum Gasteiger partial charge on any atom is -0.333 e. The molecule has 102 valence electrons. The minimum atomic E-state index is 0.101. The average Bonchev–Trinajstić information content (AvgIpc) is 2.93. The zero-order valence-electron chi connectivity index (χ0n) is 11.0. The highest BCUT2D eigenvalue weighted by Crippen LogP contribution is 2.27. The van der Waals surface area contributed by atoms with Crippen LogP contribution in [0.4, 0.5) is 0 Å². The number of nitriles is 1. The van der Waals surface area contributed by atoms with E-state index in [1.165, 1.54) is 0 Å². The molecule has 0 amide bonds. The molecule has 3 heterocycles. The lowest BCUT2D eigenvalue weighted by Gasteiger charge is -2.07. The first-order chi connectivity index (χ1) is 10.2. The van der Waals surface area contributed by atoms with Crippen molar-refractivity contribution in [3.8, 4) is 29.0 Å². The van der Waals surface area contributed by atoms with Crippen molar-refractivity contribution in [3.63, 3.8) is 0 Å². The van der Waals surface area contributed by atoms with Crippen LogP contribution < -0.4 is 0 Å². The van der Waals surface area contributed by atoms with Crippen molar-refractivity contribution in [2.45, 2.75) is 0 Å². The van der Waals surface area contributed by atoms with Crippen LogP contribution in [-0.2, 0) is 7.05 Å². The van der Waals surface area contributed by atoms with E-state index < -0.39 is 0 Å². The summed E-state index contributed by atoms with van der Waals surface area (Å²) in [6.07, 6.45) is 6.71. The second-order valence-corrected chi connectivity index (χ2v) is 4.63. The molecule has 0 aliphatic carbocycles. The Morgan fingerprint density at radius 2 is 2.14 bits per heavy atom. The van der Waals surface area contributed by atoms with E-state index in [0.717, 1.165) is 5.56 Å². The molecule has 3 rings (SSSR count). The van der Waals surface area contributed by atoms with Crippen molar-refractivity contribution < 1.29 is 0 Å². The lowest BCUT2D eigenvalue weighted by Crippen LogP contribution is -2.02. The van der Waals surface area contributed by atoms with E-state index in [0.29, 0.717) is 17.3 Å². The van der Waals surface area contributed by atoms with Crippen LogP contribution in [0.2, 0.25) is 5.15 Å². The molecule has 0 fully saturated rings. The van der Waals surface area contributed by atoms with E-state index in [2.05, 4.69) is 19.9 Å². The van der Waals surface area contributed by atoms with E-state index in [-0.39, 0.29) is 10.7 Å². The first-order valence-corrected chi connectivity index (χ1v) is 6.44. The number of nitrogens with zero attached hydrogens (tertiary/aromatic N) is 6. The van der Waals surface area contributed by atoms with Gasteiger partial charge in [0.25, 0.3) is 0 Å². The van der Waals surface area contributed by atoms with Crippen molar-refractivity contribution >= 4 is 11.6 Å². The lowest BCUT2D eigenvalue weighted by atomic mass is 10.2. The molecule has 3 aromatic rings. The van der Waals surface area contributed by atoms with Crippen molar-refractivity contribution in [2.75, 3.05) is 0 Å². The summed E-state index contributed by atoms with van der Waals surface area (Å²) in [7, 11) is 1.82. The van der Waals surface area contributed by atoms with Crippen molar-refractivity contribution in [1.29, 1.82) is 5.26 Å². The zero-order valence-corrected chi connectivity index (χ0v) is 11.8. The van der Waals surface area contributed by atoms with Crippen LogP contribution in [0.5, 0.6) is 0 Å². The predicted molar refractivity (Wildman–Crippen MR) is 77.2 cm³/mol. The van der Waals surface area contributed by atoms with Crippen molar-refractivity contribution in [2.24, 2.45) is 7.05 Å². The molecule has 0 N–H and O–H groups in total. The maximum absolute atomic E-state index is 9.29. The van der Waals surface area contributed by atoms with Gasteiger partial charge in [-0.1, -0.05) is 11.6 Å². The van der Waals surface area contributed by atoms with Gasteiger partial charge in [-0.2, -0.15) is 5.26 Å². The van der Waals surface area contributed by atoms with E-state index in [9.17, 15) is 5.26 Å². The van der Waals surface area contributed by atoms with Gasteiger partial charge in [-0.05, 0) is 12.1 Å². The first kappa shape index (κ1) is 13.2. The number of aromatic nitrogens is 5. The molecule has 21 heavy (non-hydrogen) atoms. The van der Waals surface area contributed by atoms with Gasteiger partial charge >= 0.3 is 0 Å². The maximum atomic E-state index is 9.29. The Balaban J connectivity index is 2.26. The SMILES string of the molecule is Cn1ccnc1-c1nc(-c2cccnc2)nc(Cl)c1C#N. The minimum absolute atomic E-state index is 0.101. The average molecular weight is 297 g/mol. The Morgan fingerprint density at radius 3 is 2.76 bits per heavy atom. The summed E-state index contributed by atoms with van der Waals surface area (Å²) < 4.78 is 1.77. The summed E-state index contributed by atoms with van der Waals surface area (Å²) in [5.41, 5.74) is 1.34. The monoisotopic (exact) mass is 296 g/mol. The third-order valence-electron chi connectivity index (χ3n) is 2.93. The largest absolute Gasteiger partial charge is 0.333 e. The van der Waals surface area contributed by atoms with Gasteiger partial charge in [-0.3, -0.25) is 4.98 Å². The Labute approximate surface area is 125 Å². The second-order valence-electron chi connectivity index (χ2n) is 4.28. The molecule has 0 atom stereocenters. The van der Waals surface area contributed by atoms with Gasteiger partial charge in [0.1, 0.15) is 17.3 Å². The number of imidazole rings is 1. The number of rotatable bonds is 2. The Morgan fingerprint density at radius 1 is 1.29 bits per heavy atom. The fourth-order valence-corrected chi connectivity index (χ4v) is 2.12.